The van der Waals surface area contributed by atoms with Crippen molar-refractivity contribution in [2.24, 2.45) is 0 Å². The molecule has 0 saturated heterocycles. The van der Waals surface area contributed by atoms with E-state index in [4.69, 9.17) is 11.6 Å². The molecule has 0 atom stereocenters. The summed E-state index contributed by atoms with van der Waals surface area (Å²) in [5.41, 5.74) is 0. The third-order valence-electron chi connectivity index (χ3n) is 1.32. The van der Waals surface area contributed by atoms with E-state index in [9.17, 15) is 17.3 Å². The molecule has 0 spiro atoms. The average molecular weight is 227 g/mol. The van der Waals surface area contributed by atoms with Crippen LogP contribution in [0.2, 0.25) is 5.02 Å². The molecule has 0 heterocycles. The fourth-order valence-electron chi connectivity index (χ4n) is 0.777. The maximum Gasteiger partial charge on any atom is 0.515 e. The van der Waals surface area contributed by atoms with Crippen LogP contribution < -0.4 is 4.74 Å². The average Bonchev–Trinajstić information content (AvgIpc) is 2.00. The van der Waals surface area contributed by atoms with E-state index < -0.39 is 19.3 Å². The van der Waals surface area contributed by atoms with Gasteiger partial charge in [0.25, 0.3) is 0 Å². The summed E-state index contributed by atoms with van der Waals surface area (Å²) in [7, 11) is 0. The van der Waals surface area contributed by atoms with Gasteiger partial charge in [0.1, 0.15) is 11.6 Å². The van der Waals surface area contributed by atoms with Gasteiger partial charge in [0.2, 0.25) is 0 Å². The summed E-state index contributed by atoms with van der Waals surface area (Å²) in [6, 6.07) is 2.92. The minimum absolute atomic E-state index is 0.174. The molecule has 0 aliphatic carbocycles. The smallest absolute Gasteiger partial charge is 0.515 e. The molecule has 1 rings (SSSR count). The fourth-order valence-corrected chi connectivity index (χ4v) is 0.998. The summed E-state index contributed by atoms with van der Waals surface area (Å²) >= 11 is 5.43. The Morgan fingerprint density at radius 1 is 1.29 bits per heavy atom. The number of halogens is 5. The van der Waals surface area contributed by atoms with Crippen molar-refractivity contribution >= 4 is 18.6 Å². The summed E-state index contributed by atoms with van der Waals surface area (Å²) in [6.45, 7) is -6.41. The van der Waals surface area contributed by atoms with Crippen LogP contribution in [-0.2, 0) is 0 Å². The van der Waals surface area contributed by atoms with E-state index in [0.29, 0.717) is 0 Å². The Kier molecular flexibility index (Phi) is 3.26. The molecule has 0 aliphatic heterocycles. The highest BCUT2D eigenvalue weighted by Gasteiger charge is 2.24. The second-order valence-corrected chi connectivity index (χ2v) is 3.00. The van der Waals surface area contributed by atoms with Crippen molar-refractivity contribution in [3.8, 4) is 5.75 Å². The van der Waals surface area contributed by atoms with E-state index in [-0.39, 0.29) is 10.8 Å². The standard InChI is InChI=1S/C7H5BClF4O/c9-6-3-5(10)1-2-7(6)14-4-8(11,12)13/h1-3H,4H2/q-1. The van der Waals surface area contributed by atoms with E-state index in [2.05, 4.69) is 4.74 Å². The molecule has 0 aromatic heterocycles. The van der Waals surface area contributed by atoms with Crippen LogP contribution in [0.1, 0.15) is 0 Å². The van der Waals surface area contributed by atoms with E-state index >= 15 is 0 Å². The van der Waals surface area contributed by atoms with E-state index in [1.165, 1.54) is 0 Å². The predicted molar refractivity (Wildman–Crippen MR) is 46.0 cm³/mol. The lowest BCUT2D eigenvalue weighted by atomic mass is 9.95. The maximum absolute atomic E-state index is 12.5. The minimum atomic E-state index is -5.03. The lowest BCUT2D eigenvalue weighted by Crippen LogP contribution is -2.26. The zero-order chi connectivity index (χ0) is 10.8. The SMILES string of the molecule is Fc1ccc(OC[B-](F)(F)F)c(Cl)c1. The van der Waals surface area contributed by atoms with Crippen LogP contribution >= 0.6 is 11.6 Å². The first-order chi connectivity index (χ1) is 6.38. The first-order valence-electron chi connectivity index (χ1n) is 3.67. The molecule has 1 aromatic carbocycles. The Labute approximate surface area is 82.7 Å². The molecule has 14 heavy (non-hydrogen) atoms. The van der Waals surface area contributed by atoms with Crippen LogP contribution in [0.5, 0.6) is 5.75 Å². The third kappa shape index (κ3) is 3.45. The molecular weight excluding hydrogens is 222 g/mol. The van der Waals surface area contributed by atoms with Crippen molar-refractivity contribution in [1.29, 1.82) is 0 Å². The van der Waals surface area contributed by atoms with Gasteiger partial charge < -0.3 is 17.7 Å². The summed E-state index contributed by atoms with van der Waals surface area (Å²) in [5.74, 6) is -0.799. The molecule has 0 radical (unpaired) electrons. The van der Waals surface area contributed by atoms with Gasteiger partial charge in [-0.3, -0.25) is 0 Å². The van der Waals surface area contributed by atoms with Crippen molar-refractivity contribution in [3.63, 3.8) is 0 Å². The molecule has 1 nitrogen and oxygen atoms in total. The van der Waals surface area contributed by atoms with Crippen molar-refractivity contribution < 1.29 is 22.1 Å². The molecule has 0 amide bonds. The summed E-state index contributed by atoms with van der Waals surface area (Å²) in [6.07, 6.45) is 0. The monoisotopic (exact) mass is 227 g/mol. The van der Waals surface area contributed by atoms with Gasteiger partial charge in [0, 0.05) is 0 Å². The second-order valence-electron chi connectivity index (χ2n) is 2.60. The zero-order valence-electron chi connectivity index (χ0n) is 6.81. The fraction of sp³-hybridized carbons (Fsp3) is 0.143. The van der Waals surface area contributed by atoms with Gasteiger partial charge in [0.05, 0.1) is 11.5 Å². The predicted octanol–water partition coefficient (Wildman–Crippen LogP) is 3.24. The Morgan fingerprint density at radius 2 is 1.93 bits per heavy atom. The van der Waals surface area contributed by atoms with Crippen LogP contribution in [-0.4, -0.2) is 13.5 Å². The lowest BCUT2D eigenvalue weighted by molar-refractivity contribution is 0.313. The largest absolute Gasteiger partial charge is 0.520 e. The van der Waals surface area contributed by atoms with E-state index in [1.54, 1.807) is 0 Å². The van der Waals surface area contributed by atoms with Crippen LogP contribution in [0.25, 0.3) is 0 Å². The van der Waals surface area contributed by atoms with Gasteiger partial charge in [-0.2, -0.15) is 0 Å². The van der Waals surface area contributed by atoms with Crippen molar-refractivity contribution in [2.45, 2.75) is 0 Å². The van der Waals surface area contributed by atoms with Gasteiger partial charge in [-0.1, -0.05) is 11.6 Å². The van der Waals surface area contributed by atoms with E-state index in [0.717, 1.165) is 18.2 Å². The molecular formula is C7H5BClF4O-. The molecule has 78 valence electrons. The van der Waals surface area contributed by atoms with Gasteiger partial charge in [-0.05, 0) is 18.2 Å². The van der Waals surface area contributed by atoms with Gasteiger partial charge in [0.15, 0.2) is 0 Å². The van der Waals surface area contributed by atoms with Gasteiger partial charge in [-0.15, -0.1) is 0 Å². The van der Waals surface area contributed by atoms with Crippen molar-refractivity contribution in [1.82, 2.24) is 0 Å². The Balaban J connectivity index is 2.68. The molecule has 0 N–H and O–H groups in total. The number of hydrogen-bond donors (Lipinski definition) is 0. The molecule has 0 unspecified atom stereocenters. The van der Waals surface area contributed by atoms with Crippen LogP contribution in [0.15, 0.2) is 18.2 Å². The van der Waals surface area contributed by atoms with Crippen LogP contribution in [0.3, 0.4) is 0 Å². The van der Waals surface area contributed by atoms with Crippen LogP contribution in [0, 0.1) is 5.82 Å². The number of rotatable bonds is 3. The van der Waals surface area contributed by atoms with Crippen LogP contribution in [0.4, 0.5) is 17.3 Å². The number of ether oxygens (including phenoxy) is 1. The molecule has 7 heteroatoms. The Bertz CT molecular complexity index is 328. The molecule has 0 bridgehead atoms. The quantitative estimate of drug-likeness (QED) is 0.569. The van der Waals surface area contributed by atoms with Gasteiger partial charge >= 0.3 is 6.98 Å². The Hall–Kier alpha value is -0.905. The highest BCUT2D eigenvalue weighted by atomic mass is 35.5. The number of benzene rings is 1. The van der Waals surface area contributed by atoms with Gasteiger partial charge in [-0.25, -0.2) is 4.39 Å². The normalized spacial score (nSPS) is 11.5. The third-order valence-corrected chi connectivity index (χ3v) is 1.62. The summed E-state index contributed by atoms with van der Waals surface area (Å²) < 4.78 is 52.1. The Morgan fingerprint density at radius 3 is 2.43 bits per heavy atom. The summed E-state index contributed by atoms with van der Waals surface area (Å²) in [5, 5.41) is -0.176. The lowest BCUT2D eigenvalue weighted by Gasteiger charge is -2.15. The second kappa shape index (κ2) is 4.08. The first-order valence-corrected chi connectivity index (χ1v) is 4.05. The highest BCUT2D eigenvalue weighted by molar-refractivity contribution is 6.58. The zero-order valence-corrected chi connectivity index (χ0v) is 7.57. The first kappa shape index (κ1) is 11.2. The summed E-state index contributed by atoms with van der Waals surface area (Å²) in [4.78, 5) is 0. The maximum atomic E-state index is 12.5. The molecule has 0 saturated carbocycles. The highest BCUT2D eigenvalue weighted by Crippen LogP contribution is 2.25. The topological polar surface area (TPSA) is 9.23 Å². The molecule has 0 aliphatic rings. The van der Waals surface area contributed by atoms with Crippen molar-refractivity contribution in [3.05, 3.63) is 29.0 Å². The minimum Gasteiger partial charge on any atom is -0.520 e. The molecule has 0 fully saturated rings. The molecule has 1 aromatic rings. The van der Waals surface area contributed by atoms with Crippen molar-refractivity contribution in [2.75, 3.05) is 6.51 Å². The van der Waals surface area contributed by atoms with E-state index in [1.807, 2.05) is 0 Å². The number of hydrogen-bond acceptors (Lipinski definition) is 1.